The molecule has 1 aliphatic heterocycles. The van der Waals surface area contributed by atoms with Gasteiger partial charge in [-0.1, -0.05) is 22.9 Å². The molecule has 0 radical (unpaired) electrons. The van der Waals surface area contributed by atoms with E-state index in [1.54, 1.807) is 17.2 Å². The number of benzene rings is 1. The van der Waals surface area contributed by atoms with Crippen molar-refractivity contribution in [1.82, 2.24) is 14.9 Å². The maximum absolute atomic E-state index is 14.3. The molecule has 2 aromatic heterocycles. The van der Waals surface area contributed by atoms with Gasteiger partial charge in [0.2, 0.25) is 0 Å². The Morgan fingerprint density at radius 3 is 2.79 bits per heavy atom. The number of amides is 2. The third kappa shape index (κ3) is 4.42. The SMILES string of the molecule is O=C(Nc1nc2ccc(Cl)cc2s1)N1CCN(c2ncc(CCO)cc2F)CC1. The summed E-state index contributed by atoms with van der Waals surface area (Å²) in [6.45, 7) is 1.80. The monoisotopic (exact) mass is 435 g/mol. The third-order valence-electron chi connectivity index (χ3n) is 4.71. The number of hydrogen-bond acceptors (Lipinski definition) is 6. The Bertz CT molecular complexity index is 1040. The standard InChI is InChI=1S/C19H19ClFN5O2S/c20-13-1-2-15-16(10-13)29-18(23-15)24-19(28)26-6-4-25(5-7-26)17-14(21)9-12(3-8-27)11-22-17/h1-2,9-11,27H,3-8H2,(H,23,24,28). The molecule has 29 heavy (non-hydrogen) atoms. The van der Waals surface area contributed by atoms with Crippen LogP contribution >= 0.6 is 22.9 Å². The zero-order chi connectivity index (χ0) is 20.4. The average Bonchev–Trinajstić information content (AvgIpc) is 3.10. The van der Waals surface area contributed by atoms with Gasteiger partial charge in [0, 0.05) is 44.0 Å². The molecule has 3 aromatic rings. The van der Waals surface area contributed by atoms with E-state index in [1.807, 2.05) is 17.0 Å². The van der Waals surface area contributed by atoms with Gasteiger partial charge in [0.25, 0.3) is 0 Å². The van der Waals surface area contributed by atoms with Crippen molar-refractivity contribution in [3.63, 3.8) is 0 Å². The molecule has 2 N–H and O–H groups in total. The van der Waals surface area contributed by atoms with Gasteiger partial charge in [0.15, 0.2) is 16.8 Å². The summed E-state index contributed by atoms with van der Waals surface area (Å²) in [5, 5.41) is 12.9. The summed E-state index contributed by atoms with van der Waals surface area (Å²) in [7, 11) is 0. The lowest BCUT2D eigenvalue weighted by atomic mass is 10.2. The zero-order valence-corrected chi connectivity index (χ0v) is 17.0. The summed E-state index contributed by atoms with van der Waals surface area (Å²) in [6, 6.07) is 6.56. The second kappa shape index (κ2) is 8.48. The lowest BCUT2D eigenvalue weighted by Gasteiger charge is -2.35. The van der Waals surface area contributed by atoms with Gasteiger partial charge in [0.05, 0.1) is 10.2 Å². The largest absolute Gasteiger partial charge is 0.396 e. The molecule has 1 aliphatic rings. The molecular weight excluding hydrogens is 417 g/mol. The molecular formula is C19H19ClFN5O2S. The number of aliphatic hydroxyl groups excluding tert-OH is 1. The molecule has 1 aromatic carbocycles. The summed E-state index contributed by atoms with van der Waals surface area (Å²) in [5.74, 6) is -0.142. The van der Waals surface area contributed by atoms with Crippen LogP contribution in [0.25, 0.3) is 10.2 Å². The zero-order valence-electron chi connectivity index (χ0n) is 15.4. The molecule has 0 spiro atoms. The number of aromatic nitrogens is 2. The van der Waals surface area contributed by atoms with E-state index < -0.39 is 5.82 Å². The number of aliphatic hydroxyl groups is 1. The topological polar surface area (TPSA) is 81.6 Å². The van der Waals surface area contributed by atoms with Crippen LogP contribution < -0.4 is 10.2 Å². The lowest BCUT2D eigenvalue weighted by molar-refractivity contribution is 0.208. The number of carbonyl (C=O) groups excluding carboxylic acids is 1. The van der Waals surface area contributed by atoms with Crippen LogP contribution in [-0.2, 0) is 6.42 Å². The molecule has 1 saturated heterocycles. The molecule has 10 heteroatoms. The van der Waals surface area contributed by atoms with E-state index in [2.05, 4.69) is 15.3 Å². The fraction of sp³-hybridized carbons (Fsp3) is 0.316. The number of nitrogens with zero attached hydrogens (tertiary/aromatic N) is 4. The quantitative estimate of drug-likeness (QED) is 0.656. The normalized spacial score (nSPS) is 14.4. The van der Waals surface area contributed by atoms with E-state index in [0.29, 0.717) is 48.3 Å². The lowest BCUT2D eigenvalue weighted by Crippen LogP contribution is -2.50. The van der Waals surface area contributed by atoms with Gasteiger partial charge in [-0.2, -0.15) is 0 Å². The highest BCUT2D eigenvalue weighted by molar-refractivity contribution is 7.22. The van der Waals surface area contributed by atoms with E-state index in [-0.39, 0.29) is 18.5 Å². The molecule has 0 unspecified atom stereocenters. The van der Waals surface area contributed by atoms with Crippen LogP contribution in [0.1, 0.15) is 5.56 Å². The van der Waals surface area contributed by atoms with Crippen LogP contribution in [0, 0.1) is 5.82 Å². The Morgan fingerprint density at radius 2 is 2.07 bits per heavy atom. The molecule has 0 saturated carbocycles. The van der Waals surface area contributed by atoms with Gasteiger partial charge < -0.3 is 14.9 Å². The third-order valence-corrected chi connectivity index (χ3v) is 5.88. The van der Waals surface area contributed by atoms with Gasteiger partial charge in [-0.15, -0.1) is 0 Å². The number of carbonyl (C=O) groups is 1. The van der Waals surface area contributed by atoms with Crippen LogP contribution in [0.4, 0.5) is 20.1 Å². The van der Waals surface area contributed by atoms with Gasteiger partial charge >= 0.3 is 6.03 Å². The van der Waals surface area contributed by atoms with Crippen LogP contribution in [-0.4, -0.2) is 58.8 Å². The van der Waals surface area contributed by atoms with Crippen LogP contribution in [0.2, 0.25) is 5.02 Å². The highest BCUT2D eigenvalue weighted by Gasteiger charge is 2.24. The van der Waals surface area contributed by atoms with Crippen LogP contribution in [0.3, 0.4) is 0 Å². The number of urea groups is 1. The minimum atomic E-state index is -0.415. The average molecular weight is 436 g/mol. The number of rotatable bonds is 4. The molecule has 0 atom stereocenters. The smallest absolute Gasteiger partial charge is 0.323 e. The molecule has 7 nitrogen and oxygen atoms in total. The van der Waals surface area contributed by atoms with Crippen LogP contribution in [0.5, 0.6) is 0 Å². The van der Waals surface area contributed by atoms with Gasteiger partial charge in [-0.3, -0.25) is 5.32 Å². The number of anilines is 2. The van der Waals surface area contributed by atoms with Crippen molar-refractivity contribution < 1.29 is 14.3 Å². The number of fused-ring (bicyclic) bond motifs is 1. The van der Waals surface area contributed by atoms with Gasteiger partial charge in [-0.25, -0.2) is 19.2 Å². The Morgan fingerprint density at radius 1 is 1.28 bits per heavy atom. The summed E-state index contributed by atoms with van der Waals surface area (Å²) in [6.07, 6.45) is 1.95. The number of thiazole rings is 1. The first kappa shape index (κ1) is 19.8. The maximum atomic E-state index is 14.3. The van der Waals surface area contributed by atoms with E-state index in [4.69, 9.17) is 16.7 Å². The fourth-order valence-corrected chi connectivity index (χ4v) is 4.34. The van der Waals surface area contributed by atoms with E-state index in [9.17, 15) is 9.18 Å². The molecule has 0 bridgehead atoms. The van der Waals surface area contributed by atoms with Crippen LogP contribution in [0.15, 0.2) is 30.5 Å². The van der Waals surface area contributed by atoms with Gasteiger partial charge in [-0.05, 0) is 36.2 Å². The highest BCUT2D eigenvalue weighted by atomic mass is 35.5. The van der Waals surface area contributed by atoms with E-state index in [1.165, 1.54) is 17.4 Å². The maximum Gasteiger partial charge on any atom is 0.323 e. The minimum absolute atomic E-state index is 0.0457. The van der Waals surface area contributed by atoms with Crippen molar-refractivity contribution >= 4 is 50.1 Å². The summed E-state index contributed by atoms with van der Waals surface area (Å²) in [5.41, 5.74) is 1.44. The first-order chi connectivity index (χ1) is 14.0. The Kier molecular flexibility index (Phi) is 5.79. The number of pyridine rings is 1. The Balaban J connectivity index is 1.36. The molecule has 2 amide bonds. The molecule has 0 aliphatic carbocycles. The Hall–Kier alpha value is -2.49. The summed E-state index contributed by atoms with van der Waals surface area (Å²) >= 11 is 7.36. The second-order valence-electron chi connectivity index (χ2n) is 6.66. The first-order valence-corrected chi connectivity index (χ1v) is 10.3. The number of halogens is 2. The minimum Gasteiger partial charge on any atom is -0.396 e. The van der Waals surface area contributed by atoms with E-state index in [0.717, 1.165) is 10.2 Å². The van der Waals surface area contributed by atoms with Crippen molar-refractivity contribution in [3.05, 3.63) is 46.9 Å². The molecule has 4 rings (SSSR count). The number of nitrogens with one attached hydrogen (secondary N) is 1. The van der Waals surface area contributed by atoms with Gasteiger partial charge in [0.1, 0.15) is 0 Å². The predicted molar refractivity (Wildman–Crippen MR) is 112 cm³/mol. The van der Waals surface area contributed by atoms with E-state index >= 15 is 0 Å². The fourth-order valence-electron chi connectivity index (χ4n) is 3.21. The van der Waals surface area contributed by atoms with Crippen molar-refractivity contribution in [2.24, 2.45) is 0 Å². The number of piperazine rings is 1. The van der Waals surface area contributed by atoms with Crippen molar-refractivity contribution in [2.45, 2.75) is 6.42 Å². The molecule has 1 fully saturated rings. The number of hydrogen-bond donors (Lipinski definition) is 2. The molecule has 152 valence electrons. The van der Waals surface area contributed by atoms with Crippen molar-refractivity contribution in [2.75, 3.05) is 43.0 Å². The van der Waals surface area contributed by atoms with Crippen molar-refractivity contribution in [1.29, 1.82) is 0 Å². The first-order valence-electron chi connectivity index (χ1n) is 9.16. The van der Waals surface area contributed by atoms with Crippen molar-refractivity contribution in [3.8, 4) is 0 Å². The Labute approximate surface area is 175 Å². The summed E-state index contributed by atoms with van der Waals surface area (Å²) < 4.78 is 15.2. The molecule has 3 heterocycles. The summed E-state index contributed by atoms with van der Waals surface area (Å²) in [4.78, 5) is 24.6. The predicted octanol–water partition coefficient (Wildman–Crippen LogP) is 3.37. The second-order valence-corrected chi connectivity index (χ2v) is 8.13. The highest BCUT2D eigenvalue weighted by Crippen LogP contribution is 2.28.